The molecule has 0 radical (unpaired) electrons. The van der Waals surface area contributed by atoms with Crippen molar-refractivity contribution in [1.82, 2.24) is 5.43 Å². The summed E-state index contributed by atoms with van der Waals surface area (Å²) in [6.07, 6.45) is 1.61. The minimum absolute atomic E-state index is 0.0819. The van der Waals surface area contributed by atoms with Crippen LogP contribution in [-0.2, 0) is 4.79 Å². The molecule has 0 fully saturated rings. The molecule has 0 aliphatic carbocycles. The van der Waals surface area contributed by atoms with Crippen molar-refractivity contribution in [3.8, 4) is 5.75 Å². The molecule has 0 atom stereocenters. The first kappa shape index (κ1) is 16.7. The van der Waals surface area contributed by atoms with E-state index < -0.39 is 0 Å². The Bertz CT molecular complexity index is 654. The van der Waals surface area contributed by atoms with Crippen LogP contribution in [0.4, 0.5) is 0 Å². The molecule has 6 heteroatoms. The molecule has 4 nitrogen and oxygen atoms in total. The zero-order valence-corrected chi connectivity index (χ0v) is 14.8. The minimum atomic E-state index is -0.298. The number of amides is 1. The van der Waals surface area contributed by atoms with E-state index in [1.807, 2.05) is 35.7 Å². The number of rotatable bonds is 6. The summed E-state index contributed by atoms with van der Waals surface area (Å²) in [5.41, 5.74) is 3.65. The second-order valence-electron chi connectivity index (χ2n) is 4.94. The highest BCUT2D eigenvalue weighted by molar-refractivity contribution is 9.10. The number of nitrogens with one attached hydrogen (secondary N) is 1. The zero-order valence-electron chi connectivity index (χ0n) is 12.4. The molecule has 2 rings (SSSR count). The topological polar surface area (TPSA) is 50.7 Å². The summed E-state index contributed by atoms with van der Waals surface area (Å²) < 4.78 is 6.33. The van der Waals surface area contributed by atoms with Gasteiger partial charge in [-0.1, -0.05) is 26.0 Å². The van der Waals surface area contributed by atoms with Crippen molar-refractivity contribution in [2.24, 2.45) is 5.10 Å². The van der Waals surface area contributed by atoms with Gasteiger partial charge in [-0.25, -0.2) is 5.43 Å². The third kappa shape index (κ3) is 4.96. The highest BCUT2D eigenvalue weighted by atomic mass is 79.9. The van der Waals surface area contributed by atoms with Gasteiger partial charge in [0.25, 0.3) is 5.91 Å². The maximum Gasteiger partial charge on any atom is 0.277 e. The lowest BCUT2D eigenvalue weighted by Crippen LogP contribution is -2.24. The van der Waals surface area contributed by atoms with E-state index in [2.05, 4.69) is 40.3 Å². The number of carbonyl (C=O) groups is 1. The summed E-state index contributed by atoms with van der Waals surface area (Å²) in [7, 11) is 0. The zero-order chi connectivity index (χ0) is 15.9. The molecule has 0 bridgehead atoms. The molecule has 1 N–H and O–H groups in total. The van der Waals surface area contributed by atoms with E-state index in [-0.39, 0.29) is 12.5 Å². The van der Waals surface area contributed by atoms with Gasteiger partial charge in [-0.2, -0.15) is 5.10 Å². The van der Waals surface area contributed by atoms with E-state index in [4.69, 9.17) is 4.74 Å². The number of hydrogen-bond donors (Lipinski definition) is 1. The van der Waals surface area contributed by atoms with Gasteiger partial charge < -0.3 is 4.74 Å². The summed E-state index contributed by atoms with van der Waals surface area (Å²) in [5.74, 6) is 0.787. The van der Waals surface area contributed by atoms with Crippen LogP contribution in [0.1, 0.15) is 30.2 Å². The lowest BCUT2D eigenvalue weighted by atomic mass is 10.0. The fourth-order valence-corrected chi connectivity index (χ4v) is 2.80. The Balaban J connectivity index is 1.83. The fraction of sp³-hybridized carbons (Fsp3) is 0.250. The quantitative estimate of drug-likeness (QED) is 0.603. The second-order valence-corrected chi connectivity index (χ2v) is 6.78. The average Bonchev–Trinajstić information content (AvgIpc) is 2.99. The van der Waals surface area contributed by atoms with E-state index in [1.54, 1.807) is 17.6 Å². The van der Waals surface area contributed by atoms with Crippen molar-refractivity contribution < 1.29 is 9.53 Å². The molecule has 2 aromatic rings. The largest absolute Gasteiger partial charge is 0.483 e. The highest BCUT2D eigenvalue weighted by Gasteiger charge is 2.07. The Morgan fingerprint density at radius 2 is 2.27 bits per heavy atom. The summed E-state index contributed by atoms with van der Waals surface area (Å²) in [6.45, 7) is 4.17. The van der Waals surface area contributed by atoms with Crippen LogP contribution in [0.2, 0.25) is 0 Å². The van der Waals surface area contributed by atoms with Crippen LogP contribution in [0, 0.1) is 0 Å². The van der Waals surface area contributed by atoms with Crippen molar-refractivity contribution in [2.45, 2.75) is 19.8 Å². The maximum absolute atomic E-state index is 11.7. The third-order valence-corrected chi connectivity index (χ3v) is 4.33. The number of carbonyl (C=O) groups excluding carboxylic acids is 1. The van der Waals surface area contributed by atoms with Crippen LogP contribution < -0.4 is 10.2 Å². The van der Waals surface area contributed by atoms with Gasteiger partial charge in [0.05, 0.1) is 10.7 Å². The number of halogens is 1. The smallest absolute Gasteiger partial charge is 0.277 e. The van der Waals surface area contributed by atoms with Crippen molar-refractivity contribution in [2.75, 3.05) is 6.61 Å². The van der Waals surface area contributed by atoms with E-state index >= 15 is 0 Å². The Hall–Kier alpha value is -1.66. The molecule has 1 aromatic heterocycles. The number of benzene rings is 1. The highest BCUT2D eigenvalue weighted by Crippen LogP contribution is 2.28. The van der Waals surface area contributed by atoms with Crippen LogP contribution in [0.5, 0.6) is 5.75 Å². The lowest BCUT2D eigenvalue weighted by molar-refractivity contribution is -0.123. The first-order chi connectivity index (χ1) is 10.6. The summed E-state index contributed by atoms with van der Waals surface area (Å²) in [4.78, 5) is 12.6. The van der Waals surface area contributed by atoms with Crippen molar-refractivity contribution in [1.29, 1.82) is 0 Å². The Morgan fingerprint density at radius 3 is 2.91 bits per heavy atom. The SMILES string of the molecule is CC(C)c1ccc(OCC(=O)N/N=C\c2cccs2)c(Br)c1. The first-order valence-electron chi connectivity index (χ1n) is 6.84. The van der Waals surface area contributed by atoms with E-state index in [0.29, 0.717) is 11.7 Å². The van der Waals surface area contributed by atoms with Crippen LogP contribution in [0.25, 0.3) is 0 Å². The monoisotopic (exact) mass is 380 g/mol. The average molecular weight is 381 g/mol. The van der Waals surface area contributed by atoms with Crippen molar-refractivity contribution >= 4 is 39.4 Å². The van der Waals surface area contributed by atoms with Gasteiger partial charge in [0, 0.05) is 4.88 Å². The van der Waals surface area contributed by atoms with Gasteiger partial charge in [-0.15, -0.1) is 11.3 Å². The number of nitrogens with zero attached hydrogens (tertiary/aromatic N) is 1. The molecule has 0 spiro atoms. The van der Waals surface area contributed by atoms with Crippen LogP contribution >= 0.6 is 27.3 Å². The molecular formula is C16H17BrN2O2S. The van der Waals surface area contributed by atoms with E-state index in [9.17, 15) is 4.79 Å². The van der Waals surface area contributed by atoms with Gasteiger partial charge in [-0.05, 0) is 51.0 Å². The first-order valence-corrected chi connectivity index (χ1v) is 8.51. The van der Waals surface area contributed by atoms with Crippen molar-refractivity contribution in [3.63, 3.8) is 0 Å². The number of thiophene rings is 1. The van der Waals surface area contributed by atoms with Gasteiger partial charge in [0.2, 0.25) is 0 Å². The Labute approximate surface area is 142 Å². The normalized spacial score (nSPS) is 11.1. The number of hydrazone groups is 1. The standard InChI is InChI=1S/C16H17BrN2O2S/c1-11(2)12-5-6-15(14(17)8-12)21-10-16(20)19-18-9-13-4-3-7-22-13/h3-9,11H,10H2,1-2H3,(H,19,20)/b18-9-. The van der Waals surface area contributed by atoms with Gasteiger partial charge >= 0.3 is 0 Å². The molecular weight excluding hydrogens is 364 g/mol. The summed E-state index contributed by atoms with van der Waals surface area (Å²) in [5, 5.41) is 5.83. The third-order valence-electron chi connectivity index (χ3n) is 2.91. The fourth-order valence-electron chi connectivity index (χ4n) is 1.70. The van der Waals surface area contributed by atoms with Crippen LogP contribution in [0.3, 0.4) is 0 Å². The lowest BCUT2D eigenvalue weighted by Gasteiger charge is -2.10. The predicted octanol–water partition coefficient (Wildman–Crippen LogP) is 4.16. The van der Waals surface area contributed by atoms with Gasteiger partial charge in [0.15, 0.2) is 6.61 Å². The molecule has 22 heavy (non-hydrogen) atoms. The predicted molar refractivity (Wildman–Crippen MR) is 93.8 cm³/mol. The molecule has 1 amide bonds. The molecule has 1 heterocycles. The molecule has 0 aliphatic rings. The minimum Gasteiger partial charge on any atom is -0.483 e. The molecule has 0 saturated carbocycles. The number of hydrogen-bond acceptors (Lipinski definition) is 4. The van der Waals surface area contributed by atoms with E-state index in [0.717, 1.165) is 9.35 Å². The molecule has 116 valence electrons. The molecule has 0 aliphatic heterocycles. The Kier molecular flexibility index (Phi) is 6.15. The van der Waals surface area contributed by atoms with Crippen LogP contribution in [-0.4, -0.2) is 18.7 Å². The van der Waals surface area contributed by atoms with Crippen LogP contribution in [0.15, 0.2) is 45.3 Å². The van der Waals surface area contributed by atoms with Gasteiger partial charge in [0.1, 0.15) is 5.75 Å². The summed E-state index contributed by atoms with van der Waals surface area (Å²) in [6, 6.07) is 9.71. The second kappa shape index (κ2) is 8.10. The summed E-state index contributed by atoms with van der Waals surface area (Å²) >= 11 is 5.01. The molecule has 1 aromatic carbocycles. The van der Waals surface area contributed by atoms with E-state index in [1.165, 1.54) is 5.56 Å². The number of ether oxygens (including phenoxy) is 1. The van der Waals surface area contributed by atoms with Crippen molar-refractivity contribution in [3.05, 3.63) is 50.6 Å². The van der Waals surface area contributed by atoms with Gasteiger partial charge in [-0.3, -0.25) is 4.79 Å². The molecule has 0 unspecified atom stereocenters. The molecule has 0 saturated heterocycles. The maximum atomic E-state index is 11.7. The Morgan fingerprint density at radius 1 is 1.45 bits per heavy atom.